The quantitative estimate of drug-likeness (QED) is 0.178. The minimum Gasteiger partial charge on any atom is -0.294 e. The van der Waals surface area contributed by atoms with Crippen LogP contribution in [0.25, 0.3) is 83.1 Å². The fourth-order valence-electron chi connectivity index (χ4n) is 11.8. The SMILES string of the molecule is C1=CC2c3ccc(-c4ccc5c(c4)c4cccnc4n5-c4ccccc4)cc3C3(c4ccccc4-c4ccccc43)C2C=C1c1ccc2c(c1)c1cccnc1n2-c1ccccc1. The summed E-state index contributed by atoms with van der Waals surface area (Å²) in [4.78, 5) is 9.79. The molecule has 3 aliphatic rings. The van der Waals surface area contributed by atoms with Crippen molar-refractivity contribution in [2.45, 2.75) is 11.3 Å². The van der Waals surface area contributed by atoms with E-state index in [1.54, 1.807) is 0 Å². The fraction of sp³-hybridized carbons (Fsp3) is 0.0508. The van der Waals surface area contributed by atoms with Crippen molar-refractivity contribution in [3.8, 4) is 33.6 Å². The lowest BCUT2D eigenvalue weighted by Crippen LogP contribution is -2.33. The molecule has 0 bridgehead atoms. The van der Waals surface area contributed by atoms with E-state index in [4.69, 9.17) is 9.97 Å². The molecule has 1 spiro atoms. The van der Waals surface area contributed by atoms with Gasteiger partial charge < -0.3 is 0 Å². The predicted molar refractivity (Wildman–Crippen MR) is 258 cm³/mol. The molecule has 11 aromatic rings. The molecule has 63 heavy (non-hydrogen) atoms. The van der Waals surface area contributed by atoms with Gasteiger partial charge in [0, 0.05) is 57.1 Å². The second kappa shape index (κ2) is 13.0. The number of nitrogens with zero attached hydrogens (tertiary/aromatic N) is 4. The Hall–Kier alpha value is -8.08. The lowest BCUT2D eigenvalue weighted by Gasteiger charge is -2.37. The Morgan fingerprint density at radius 2 is 0.952 bits per heavy atom. The van der Waals surface area contributed by atoms with Crippen molar-refractivity contribution in [3.05, 3.63) is 246 Å². The zero-order chi connectivity index (χ0) is 41.2. The molecule has 0 aliphatic heterocycles. The third kappa shape index (κ3) is 4.70. The lowest BCUT2D eigenvalue weighted by molar-refractivity contribution is 0.467. The number of benzene rings is 7. The molecule has 3 aliphatic carbocycles. The Bertz CT molecular complexity index is 3710. The van der Waals surface area contributed by atoms with E-state index in [0.717, 1.165) is 44.5 Å². The minimum absolute atomic E-state index is 0.160. The Kier molecular flexibility index (Phi) is 7.12. The summed E-state index contributed by atoms with van der Waals surface area (Å²) >= 11 is 0. The van der Waals surface area contributed by atoms with Gasteiger partial charge in [-0.2, -0.15) is 0 Å². The van der Waals surface area contributed by atoms with Gasteiger partial charge in [-0.15, -0.1) is 0 Å². The first-order chi connectivity index (χ1) is 31.3. The number of hydrogen-bond donors (Lipinski definition) is 0. The first-order valence-corrected chi connectivity index (χ1v) is 21.9. The van der Waals surface area contributed by atoms with Crippen LogP contribution < -0.4 is 0 Å². The summed E-state index contributed by atoms with van der Waals surface area (Å²) in [6.07, 6.45) is 11.3. The molecule has 4 heterocycles. The van der Waals surface area contributed by atoms with Gasteiger partial charge in [0.1, 0.15) is 11.3 Å². The maximum absolute atomic E-state index is 4.90. The van der Waals surface area contributed by atoms with E-state index in [1.807, 2.05) is 18.5 Å². The minimum atomic E-state index is -0.381. The molecule has 0 fully saturated rings. The smallest absolute Gasteiger partial charge is 0.145 e. The summed E-state index contributed by atoms with van der Waals surface area (Å²) in [5.74, 6) is 0.371. The van der Waals surface area contributed by atoms with Crippen molar-refractivity contribution in [1.82, 2.24) is 19.1 Å². The Morgan fingerprint density at radius 1 is 0.429 bits per heavy atom. The molecule has 4 heteroatoms. The van der Waals surface area contributed by atoms with Crippen LogP contribution in [0.4, 0.5) is 0 Å². The number of hydrogen-bond acceptors (Lipinski definition) is 2. The number of pyridine rings is 2. The largest absolute Gasteiger partial charge is 0.294 e. The Balaban J connectivity index is 0.962. The van der Waals surface area contributed by atoms with Gasteiger partial charge in [0.2, 0.25) is 0 Å². The van der Waals surface area contributed by atoms with Crippen molar-refractivity contribution < 1.29 is 0 Å². The van der Waals surface area contributed by atoms with Crippen molar-refractivity contribution >= 4 is 49.4 Å². The lowest BCUT2D eigenvalue weighted by atomic mass is 9.64. The van der Waals surface area contributed by atoms with E-state index in [0.29, 0.717) is 0 Å². The van der Waals surface area contributed by atoms with Gasteiger partial charge in [0.15, 0.2) is 0 Å². The second-order valence-electron chi connectivity index (χ2n) is 17.3. The van der Waals surface area contributed by atoms with Crippen molar-refractivity contribution in [1.29, 1.82) is 0 Å². The van der Waals surface area contributed by atoms with Crippen LogP contribution in [-0.4, -0.2) is 19.1 Å². The summed E-state index contributed by atoms with van der Waals surface area (Å²) in [6.45, 7) is 0. The van der Waals surface area contributed by atoms with Crippen LogP contribution in [0, 0.1) is 5.92 Å². The molecule has 0 saturated heterocycles. The molecule has 4 aromatic heterocycles. The zero-order valence-electron chi connectivity index (χ0n) is 34.2. The molecule has 14 rings (SSSR count). The van der Waals surface area contributed by atoms with E-state index in [9.17, 15) is 0 Å². The summed E-state index contributed by atoms with van der Waals surface area (Å²) < 4.78 is 4.58. The molecular formula is C59H38N4. The van der Waals surface area contributed by atoms with Crippen LogP contribution in [0.15, 0.2) is 219 Å². The molecule has 0 radical (unpaired) electrons. The Morgan fingerprint density at radius 3 is 1.57 bits per heavy atom. The predicted octanol–water partition coefficient (Wildman–Crippen LogP) is 14.0. The highest BCUT2D eigenvalue weighted by atomic mass is 15.1. The number of para-hydroxylation sites is 2. The van der Waals surface area contributed by atoms with E-state index >= 15 is 0 Å². The van der Waals surface area contributed by atoms with Crippen molar-refractivity contribution in [2.24, 2.45) is 5.92 Å². The van der Waals surface area contributed by atoms with Crippen LogP contribution in [-0.2, 0) is 5.41 Å². The van der Waals surface area contributed by atoms with Gasteiger partial charge in [0.25, 0.3) is 0 Å². The molecule has 0 amide bonds. The standard InChI is InChI=1S/C59H38N4/c1-3-13-41(14-4-1)62-55-29-25-37(33-49(55)47-19-11-31-60-57(47)62)39-23-27-45-46-28-24-40(36-54(46)59(53(45)35-39)51-21-9-7-17-43(51)44-18-8-10-22-52(44)59)38-26-30-56-50(34-38)48-20-12-32-61-58(48)63(56)42-15-5-2-6-16-42/h1-36,45,53H. The topological polar surface area (TPSA) is 35.6 Å². The van der Waals surface area contributed by atoms with Gasteiger partial charge in [-0.3, -0.25) is 9.13 Å². The van der Waals surface area contributed by atoms with E-state index in [1.165, 1.54) is 66.4 Å². The van der Waals surface area contributed by atoms with Crippen LogP contribution in [0.5, 0.6) is 0 Å². The first kappa shape index (κ1) is 34.6. The van der Waals surface area contributed by atoms with Gasteiger partial charge in [-0.1, -0.05) is 127 Å². The van der Waals surface area contributed by atoms with Gasteiger partial charge in [0.05, 0.1) is 16.4 Å². The van der Waals surface area contributed by atoms with E-state index < -0.39 is 0 Å². The Labute approximate surface area is 364 Å². The highest BCUT2D eigenvalue weighted by Gasteiger charge is 2.57. The molecule has 0 N–H and O–H groups in total. The maximum Gasteiger partial charge on any atom is 0.145 e. The maximum atomic E-state index is 4.90. The highest BCUT2D eigenvalue weighted by Crippen LogP contribution is 2.66. The molecule has 2 atom stereocenters. The number of fused-ring (bicyclic) bond motifs is 16. The molecule has 7 aromatic carbocycles. The van der Waals surface area contributed by atoms with Crippen LogP contribution in [0.1, 0.15) is 33.7 Å². The molecule has 4 nitrogen and oxygen atoms in total. The zero-order valence-corrected chi connectivity index (χ0v) is 34.2. The number of rotatable bonds is 4. The molecule has 294 valence electrons. The molecule has 2 unspecified atom stereocenters. The van der Waals surface area contributed by atoms with Crippen LogP contribution in [0.2, 0.25) is 0 Å². The van der Waals surface area contributed by atoms with Gasteiger partial charge in [-0.05, 0) is 135 Å². The van der Waals surface area contributed by atoms with E-state index in [2.05, 4.69) is 209 Å². The summed E-state index contributed by atoms with van der Waals surface area (Å²) in [5, 5.41) is 4.73. The van der Waals surface area contributed by atoms with Crippen LogP contribution >= 0.6 is 0 Å². The normalized spacial score (nSPS) is 16.7. The highest BCUT2D eigenvalue weighted by molar-refractivity contribution is 6.10. The number of aromatic nitrogens is 4. The van der Waals surface area contributed by atoms with Crippen molar-refractivity contribution in [2.75, 3.05) is 0 Å². The van der Waals surface area contributed by atoms with Crippen molar-refractivity contribution in [3.63, 3.8) is 0 Å². The summed E-state index contributed by atoms with van der Waals surface area (Å²) in [7, 11) is 0. The summed E-state index contributed by atoms with van der Waals surface area (Å²) in [5.41, 5.74) is 19.3. The third-order valence-electron chi connectivity index (χ3n) is 14.3. The second-order valence-corrected chi connectivity index (χ2v) is 17.3. The summed E-state index contributed by atoms with van der Waals surface area (Å²) in [6, 6.07) is 69.3. The molecular weight excluding hydrogens is 765 g/mol. The average molecular weight is 803 g/mol. The fourth-order valence-corrected chi connectivity index (χ4v) is 11.8. The third-order valence-corrected chi connectivity index (χ3v) is 14.3. The monoisotopic (exact) mass is 802 g/mol. The molecule has 0 saturated carbocycles. The number of allylic oxidation sites excluding steroid dienone is 4. The van der Waals surface area contributed by atoms with E-state index in [-0.39, 0.29) is 17.3 Å². The van der Waals surface area contributed by atoms with Gasteiger partial charge >= 0.3 is 0 Å². The van der Waals surface area contributed by atoms with Gasteiger partial charge in [-0.25, -0.2) is 9.97 Å². The van der Waals surface area contributed by atoms with Crippen LogP contribution in [0.3, 0.4) is 0 Å². The first-order valence-electron chi connectivity index (χ1n) is 21.9. The average Bonchev–Trinajstić information content (AvgIpc) is 4.06.